The number of unbranched alkanes of at least 4 members (excludes halogenated alkanes) is 26. The van der Waals surface area contributed by atoms with Crippen molar-refractivity contribution in [3.05, 3.63) is 48.6 Å². The van der Waals surface area contributed by atoms with Crippen molar-refractivity contribution in [2.75, 3.05) is 26.4 Å². The van der Waals surface area contributed by atoms with Crippen LogP contribution in [0.15, 0.2) is 48.6 Å². The molecule has 0 spiro atoms. The summed E-state index contributed by atoms with van der Waals surface area (Å²) >= 11 is 0. The first-order chi connectivity index (χ1) is 33.2. The molecule has 0 aliphatic heterocycles. The van der Waals surface area contributed by atoms with Crippen LogP contribution in [0.1, 0.15) is 252 Å². The maximum atomic E-state index is 12.9. The summed E-state index contributed by atoms with van der Waals surface area (Å²) in [6.07, 6.45) is 52.1. The monoisotopic (exact) mass is 981 g/mol. The minimum absolute atomic E-state index is 0.155. The second-order valence-corrected chi connectivity index (χ2v) is 19.8. The molecule has 0 bridgehead atoms. The molecule has 12 heteroatoms. The molecule has 0 aromatic rings. The molecule has 0 rings (SSSR count). The zero-order valence-corrected chi connectivity index (χ0v) is 44.5. The standard InChI is InChI=1S/C56H101O11P/c1-4-7-10-13-16-19-22-25-26-29-32-35-38-41-44-47-56(60)67-53(49-63-54(58)45-42-39-36-33-30-27-23-20-17-14-11-8-5-2)51-65-68(61,62)64-50-52(48-57)66-55(59)46-43-40-37-34-31-28-24-21-18-15-12-9-6-3/h11,14,20-21,23-26,52-53,57H,4-10,12-13,15-19,22,27-51H2,1-3H3,(H,61,62)/b14-11-,23-20-,24-21-,26-25-. The van der Waals surface area contributed by atoms with E-state index in [4.69, 9.17) is 23.3 Å². The lowest BCUT2D eigenvalue weighted by molar-refractivity contribution is -0.161. The quantitative estimate of drug-likeness (QED) is 0.0197. The lowest BCUT2D eigenvalue weighted by Crippen LogP contribution is -2.30. The van der Waals surface area contributed by atoms with Gasteiger partial charge in [0.2, 0.25) is 0 Å². The predicted octanol–water partition coefficient (Wildman–Crippen LogP) is 15.8. The Kier molecular flexibility index (Phi) is 48.9. The van der Waals surface area contributed by atoms with Crippen LogP contribution >= 0.6 is 7.82 Å². The molecule has 0 amide bonds. The van der Waals surface area contributed by atoms with Gasteiger partial charge in [0.05, 0.1) is 19.8 Å². The van der Waals surface area contributed by atoms with Gasteiger partial charge in [-0.2, -0.15) is 0 Å². The molecular weight excluding hydrogens is 880 g/mol. The second-order valence-electron chi connectivity index (χ2n) is 18.4. The topological polar surface area (TPSA) is 155 Å². The summed E-state index contributed by atoms with van der Waals surface area (Å²) in [7, 11) is -4.75. The number of allylic oxidation sites excluding steroid dienone is 8. The minimum Gasteiger partial charge on any atom is -0.462 e. The summed E-state index contributed by atoms with van der Waals surface area (Å²) in [5, 5.41) is 9.78. The summed E-state index contributed by atoms with van der Waals surface area (Å²) in [6.45, 7) is 4.53. The molecule has 3 unspecified atom stereocenters. The Labute approximate surface area is 415 Å². The first-order valence-electron chi connectivity index (χ1n) is 27.5. The van der Waals surface area contributed by atoms with E-state index in [9.17, 15) is 28.9 Å². The number of rotatable bonds is 51. The third-order valence-electron chi connectivity index (χ3n) is 11.7. The molecule has 3 atom stereocenters. The Morgan fingerprint density at radius 1 is 0.412 bits per heavy atom. The van der Waals surface area contributed by atoms with Gasteiger partial charge in [0, 0.05) is 19.3 Å². The molecule has 11 nitrogen and oxygen atoms in total. The van der Waals surface area contributed by atoms with Crippen LogP contribution in [0.5, 0.6) is 0 Å². The van der Waals surface area contributed by atoms with Gasteiger partial charge < -0.3 is 24.2 Å². The molecule has 0 aromatic carbocycles. The van der Waals surface area contributed by atoms with Crippen molar-refractivity contribution in [2.24, 2.45) is 0 Å². The Morgan fingerprint density at radius 3 is 1.18 bits per heavy atom. The predicted molar refractivity (Wildman–Crippen MR) is 279 cm³/mol. The van der Waals surface area contributed by atoms with E-state index in [-0.39, 0.29) is 25.9 Å². The van der Waals surface area contributed by atoms with E-state index >= 15 is 0 Å². The van der Waals surface area contributed by atoms with E-state index in [0.717, 1.165) is 122 Å². The number of ether oxygens (including phenoxy) is 3. The van der Waals surface area contributed by atoms with Crippen molar-refractivity contribution in [1.82, 2.24) is 0 Å². The molecule has 396 valence electrons. The molecule has 0 saturated carbocycles. The zero-order chi connectivity index (χ0) is 49.9. The number of phosphoric ester groups is 1. The summed E-state index contributed by atoms with van der Waals surface area (Å²) in [5.41, 5.74) is 0. The summed E-state index contributed by atoms with van der Waals surface area (Å²) < 4.78 is 39.4. The minimum atomic E-state index is -4.75. The first-order valence-corrected chi connectivity index (χ1v) is 29.0. The van der Waals surface area contributed by atoms with Crippen molar-refractivity contribution < 1.29 is 52.2 Å². The van der Waals surface area contributed by atoms with Crippen LogP contribution in [0, 0.1) is 0 Å². The Bertz CT molecular complexity index is 1330. The zero-order valence-electron chi connectivity index (χ0n) is 43.6. The first kappa shape index (κ1) is 65.4. The normalized spacial score (nSPS) is 13.8. The van der Waals surface area contributed by atoms with Crippen LogP contribution in [0.4, 0.5) is 0 Å². The Balaban J connectivity index is 4.75. The molecule has 0 aliphatic carbocycles. The van der Waals surface area contributed by atoms with E-state index in [1.807, 2.05) is 0 Å². The highest BCUT2D eigenvalue weighted by molar-refractivity contribution is 7.47. The second kappa shape index (κ2) is 50.8. The van der Waals surface area contributed by atoms with Crippen molar-refractivity contribution in [2.45, 2.75) is 264 Å². The lowest BCUT2D eigenvalue weighted by atomic mass is 10.1. The molecule has 0 radical (unpaired) electrons. The van der Waals surface area contributed by atoms with Crippen LogP contribution < -0.4 is 0 Å². The van der Waals surface area contributed by atoms with Gasteiger partial charge in [-0.05, 0) is 96.3 Å². The summed E-state index contributed by atoms with van der Waals surface area (Å²) in [6, 6.07) is 0. The Hall–Kier alpha value is -2.56. The molecule has 0 fully saturated rings. The van der Waals surface area contributed by atoms with Gasteiger partial charge in [0.15, 0.2) is 6.10 Å². The van der Waals surface area contributed by atoms with Gasteiger partial charge in [-0.15, -0.1) is 0 Å². The third kappa shape index (κ3) is 48.5. The highest BCUT2D eigenvalue weighted by Gasteiger charge is 2.28. The number of esters is 3. The smallest absolute Gasteiger partial charge is 0.462 e. The number of aliphatic hydroxyl groups excluding tert-OH is 1. The number of hydrogen-bond acceptors (Lipinski definition) is 10. The van der Waals surface area contributed by atoms with Crippen molar-refractivity contribution in [3.63, 3.8) is 0 Å². The average molecular weight is 981 g/mol. The third-order valence-corrected chi connectivity index (χ3v) is 12.6. The van der Waals surface area contributed by atoms with Gasteiger partial charge >= 0.3 is 25.7 Å². The highest BCUT2D eigenvalue weighted by Crippen LogP contribution is 2.43. The number of phosphoric acid groups is 1. The largest absolute Gasteiger partial charge is 0.472 e. The fraction of sp³-hybridized carbons (Fsp3) is 0.804. The SMILES string of the molecule is CCC/C=C\C/C=C\CCCCCCCC(=O)OCC(COP(=O)(O)OCC(CO)OC(=O)CCCCCCC/C=C\CCCCCC)OC(=O)CCCCCCC/C=C\CCCCCCCC. The van der Waals surface area contributed by atoms with E-state index in [2.05, 4.69) is 69.4 Å². The van der Waals surface area contributed by atoms with E-state index in [0.29, 0.717) is 19.3 Å². The Morgan fingerprint density at radius 2 is 0.750 bits per heavy atom. The molecule has 0 heterocycles. The van der Waals surface area contributed by atoms with Gasteiger partial charge in [-0.3, -0.25) is 23.4 Å². The molecule has 2 N–H and O–H groups in total. The highest BCUT2D eigenvalue weighted by atomic mass is 31.2. The van der Waals surface area contributed by atoms with E-state index in [1.165, 1.54) is 70.6 Å². The van der Waals surface area contributed by atoms with E-state index < -0.39 is 57.8 Å². The van der Waals surface area contributed by atoms with Crippen molar-refractivity contribution in [1.29, 1.82) is 0 Å². The number of carbonyl (C=O) groups excluding carboxylic acids is 3. The van der Waals surface area contributed by atoms with Crippen LogP contribution in [0.3, 0.4) is 0 Å². The maximum Gasteiger partial charge on any atom is 0.472 e. The van der Waals surface area contributed by atoms with Crippen LogP contribution in [0.25, 0.3) is 0 Å². The van der Waals surface area contributed by atoms with Crippen LogP contribution in [-0.4, -0.2) is 66.5 Å². The van der Waals surface area contributed by atoms with Crippen LogP contribution in [0.2, 0.25) is 0 Å². The molecule has 0 saturated heterocycles. The van der Waals surface area contributed by atoms with Gasteiger partial charge in [0.25, 0.3) is 0 Å². The molecule has 0 aliphatic rings. The molecular formula is C56H101O11P. The van der Waals surface area contributed by atoms with Gasteiger partial charge in [-0.25, -0.2) is 4.57 Å². The van der Waals surface area contributed by atoms with Crippen LogP contribution in [-0.2, 0) is 42.2 Å². The molecule has 68 heavy (non-hydrogen) atoms. The van der Waals surface area contributed by atoms with Crippen molar-refractivity contribution in [3.8, 4) is 0 Å². The summed E-state index contributed by atoms with van der Waals surface area (Å²) in [5.74, 6) is -1.49. The van der Waals surface area contributed by atoms with E-state index in [1.54, 1.807) is 0 Å². The number of hydrogen-bond donors (Lipinski definition) is 2. The van der Waals surface area contributed by atoms with Gasteiger partial charge in [0.1, 0.15) is 12.7 Å². The number of carbonyl (C=O) groups is 3. The summed E-state index contributed by atoms with van der Waals surface area (Å²) in [4.78, 5) is 48.4. The van der Waals surface area contributed by atoms with Crippen molar-refractivity contribution >= 4 is 25.7 Å². The lowest BCUT2D eigenvalue weighted by Gasteiger charge is -2.21. The maximum absolute atomic E-state index is 12.9. The fourth-order valence-corrected chi connectivity index (χ4v) is 8.23. The fourth-order valence-electron chi connectivity index (χ4n) is 7.44. The van der Waals surface area contributed by atoms with Gasteiger partial charge in [-0.1, -0.05) is 185 Å². The number of aliphatic hydroxyl groups is 1. The molecule has 0 aromatic heterocycles. The average Bonchev–Trinajstić information content (AvgIpc) is 3.32.